The fourth-order valence-corrected chi connectivity index (χ4v) is 4.28. The molecule has 5 N–H and O–H groups in total. The molecular formula is C11H14ClN3O5S. The van der Waals surface area contributed by atoms with Gasteiger partial charge in [0.25, 0.3) is 0 Å². The molecule has 1 aromatic rings. The van der Waals surface area contributed by atoms with Crippen molar-refractivity contribution >= 4 is 33.4 Å². The van der Waals surface area contributed by atoms with Crippen LogP contribution in [0.5, 0.6) is 5.75 Å². The van der Waals surface area contributed by atoms with Crippen LogP contribution in [-0.2, 0) is 10.0 Å². The number of nitrogens with one attached hydrogen (secondary N) is 1. The van der Waals surface area contributed by atoms with Gasteiger partial charge in [-0.2, -0.15) is 4.31 Å². The van der Waals surface area contributed by atoms with Gasteiger partial charge in [0, 0.05) is 19.1 Å². The van der Waals surface area contributed by atoms with E-state index in [1.54, 1.807) is 0 Å². The molecule has 1 fully saturated rings. The van der Waals surface area contributed by atoms with Gasteiger partial charge in [-0.3, -0.25) is 0 Å². The molecule has 21 heavy (non-hydrogen) atoms. The maximum absolute atomic E-state index is 12.5. The van der Waals surface area contributed by atoms with Crippen molar-refractivity contribution < 1.29 is 23.4 Å². The maximum Gasteiger partial charge on any atom is 0.404 e. The number of hydrogen-bond acceptors (Lipinski definition) is 5. The Labute approximate surface area is 126 Å². The predicted molar refractivity (Wildman–Crippen MR) is 75.9 cm³/mol. The lowest BCUT2D eigenvalue weighted by atomic mass is 10.3. The molecular weight excluding hydrogens is 322 g/mol. The number of phenols is 1. The summed E-state index contributed by atoms with van der Waals surface area (Å²) in [5, 5.41) is 20.6. The molecule has 2 rings (SSSR count). The third kappa shape index (κ3) is 2.99. The van der Waals surface area contributed by atoms with Crippen LogP contribution in [0.15, 0.2) is 17.0 Å². The molecule has 1 aliphatic heterocycles. The fourth-order valence-electron chi connectivity index (χ4n) is 2.18. The van der Waals surface area contributed by atoms with Crippen molar-refractivity contribution in [3.05, 3.63) is 17.2 Å². The third-order valence-corrected chi connectivity index (χ3v) is 5.56. The number of carboxylic acid groups (broad SMARTS) is 1. The van der Waals surface area contributed by atoms with E-state index in [1.165, 1.54) is 12.1 Å². The topological polar surface area (TPSA) is 133 Å². The summed E-state index contributed by atoms with van der Waals surface area (Å²) in [5.74, 6) is -0.600. The molecule has 0 radical (unpaired) electrons. The van der Waals surface area contributed by atoms with Crippen LogP contribution in [0.4, 0.5) is 10.5 Å². The molecule has 1 atom stereocenters. The van der Waals surface area contributed by atoms with Crippen LogP contribution < -0.4 is 11.1 Å². The molecule has 1 aromatic carbocycles. The van der Waals surface area contributed by atoms with Gasteiger partial charge in [-0.05, 0) is 18.6 Å². The van der Waals surface area contributed by atoms with E-state index in [0.29, 0.717) is 6.42 Å². The molecule has 1 aliphatic rings. The summed E-state index contributed by atoms with van der Waals surface area (Å²) in [4.78, 5) is 10.1. The molecule has 0 aliphatic carbocycles. The molecule has 1 heterocycles. The lowest BCUT2D eigenvalue weighted by molar-refractivity contribution is 0.190. The van der Waals surface area contributed by atoms with Crippen LogP contribution in [0.1, 0.15) is 6.42 Å². The summed E-state index contributed by atoms with van der Waals surface area (Å²) in [6.07, 6.45) is -0.879. The SMILES string of the molecule is Nc1ccc(Cl)c(S(=O)(=O)N2CC[C@@H](NC(=O)O)C2)c1O. The van der Waals surface area contributed by atoms with Gasteiger partial charge >= 0.3 is 6.09 Å². The van der Waals surface area contributed by atoms with Crippen LogP contribution in [0, 0.1) is 0 Å². The number of phenolic OH excluding ortho intramolecular Hbond substituents is 1. The highest BCUT2D eigenvalue weighted by molar-refractivity contribution is 7.89. The van der Waals surface area contributed by atoms with Crippen molar-refractivity contribution in [2.75, 3.05) is 18.8 Å². The molecule has 0 spiro atoms. The second-order valence-corrected chi connectivity index (χ2v) is 6.89. The second-order valence-electron chi connectivity index (χ2n) is 4.61. The van der Waals surface area contributed by atoms with E-state index in [2.05, 4.69) is 5.32 Å². The average Bonchev–Trinajstić information content (AvgIpc) is 2.82. The van der Waals surface area contributed by atoms with Crippen LogP contribution in [-0.4, -0.2) is 48.2 Å². The molecule has 1 amide bonds. The first-order chi connectivity index (χ1) is 9.73. The zero-order valence-corrected chi connectivity index (χ0v) is 12.4. The molecule has 0 unspecified atom stereocenters. The Balaban J connectivity index is 2.32. The molecule has 10 heteroatoms. The number of sulfonamides is 1. The van der Waals surface area contributed by atoms with Crippen molar-refractivity contribution in [3.63, 3.8) is 0 Å². The number of anilines is 1. The highest BCUT2D eigenvalue weighted by Crippen LogP contribution is 2.37. The van der Waals surface area contributed by atoms with E-state index < -0.39 is 32.8 Å². The third-order valence-electron chi connectivity index (χ3n) is 3.19. The van der Waals surface area contributed by atoms with Crippen molar-refractivity contribution in [2.45, 2.75) is 17.4 Å². The van der Waals surface area contributed by atoms with Crippen molar-refractivity contribution in [2.24, 2.45) is 0 Å². The number of nitrogens with zero attached hydrogens (tertiary/aromatic N) is 1. The summed E-state index contributed by atoms with van der Waals surface area (Å²) >= 11 is 5.85. The number of benzene rings is 1. The first kappa shape index (κ1) is 15.7. The second kappa shape index (κ2) is 5.58. The number of amides is 1. The first-order valence-electron chi connectivity index (χ1n) is 6.00. The Hall–Kier alpha value is -1.71. The van der Waals surface area contributed by atoms with Crippen LogP contribution in [0.2, 0.25) is 5.02 Å². The van der Waals surface area contributed by atoms with E-state index in [1.807, 2.05) is 0 Å². The molecule has 0 aromatic heterocycles. The lowest BCUT2D eigenvalue weighted by Gasteiger charge is -2.18. The minimum Gasteiger partial charge on any atom is -0.504 e. The largest absolute Gasteiger partial charge is 0.504 e. The Morgan fingerprint density at radius 1 is 1.48 bits per heavy atom. The van der Waals surface area contributed by atoms with Gasteiger partial charge in [0.2, 0.25) is 10.0 Å². The average molecular weight is 336 g/mol. The molecule has 0 saturated carbocycles. The number of aromatic hydroxyl groups is 1. The molecule has 0 bridgehead atoms. The minimum atomic E-state index is -4.05. The van der Waals surface area contributed by atoms with Crippen LogP contribution in [0.3, 0.4) is 0 Å². The summed E-state index contributed by atoms with van der Waals surface area (Å²) < 4.78 is 26.1. The zero-order valence-electron chi connectivity index (χ0n) is 10.8. The number of halogens is 1. The van der Waals surface area contributed by atoms with E-state index in [4.69, 9.17) is 22.4 Å². The molecule has 8 nitrogen and oxygen atoms in total. The number of hydrogen-bond donors (Lipinski definition) is 4. The van der Waals surface area contributed by atoms with E-state index in [-0.39, 0.29) is 23.8 Å². The number of carbonyl (C=O) groups is 1. The Morgan fingerprint density at radius 2 is 2.14 bits per heavy atom. The van der Waals surface area contributed by atoms with E-state index in [9.17, 15) is 18.3 Å². The summed E-state index contributed by atoms with van der Waals surface area (Å²) in [6.45, 7) is 0.0943. The number of nitrogens with two attached hydrogens (primary N) is 1. The molecule has 1 saturated heterocycles. The summed E-state index contributed by atoms with van der Waals surface area (Å²) in [6, 6.07) is 2.08. The maximum atomic E-state index is 12.5. The Kier molecular flexibility index (Phi) is 4.17. The van der Waals surface area contributed by atoms with Crippen LogP contribution in [0.25, 0.3) is 0 Å². The fraction of sp³-hybridized carbons (Fsp3) is 0.364. The van der Waals surface area contributed by atoms with E-state index >= 15 is 0 Å². The van der Waals surface area contributed by atoms with Gasteiger partial charge in [-0.25, -0.2) is 13.2 Å². The smallest absolute Gasteiger partial charge is 0.404 e. The standard InChI is InChI=1S/C11H14ClN3O5S/c12-7-1-2-8(13)9(16)10(7)21(19,20)15-4-3-6(5-15)14-11(17)18/h1-2,6,14,16H,3-5,13H2,(H,17,18)/t6-/m1/s1. The highest BCUT2D eigenvalue weighted by Gasteiger charge is 2.36. The van der Waals surface area contributed by atoms with Crippen molar-refractivity contribution in [1.82, 2.24) is 9.62 Å². The monoisotopic (exact) mass is 335 g/mol. The van der Waals surface area contributed by atoms with Gasteiger partial charge in [0.15, 0.2) is 5.75 Å². The zero-order chi connectivity index (χ0) is 15.8. The van der Waals surface area contributed by atoms with Gasteiger partial charge in [-0.1, -0.05) is 11.6 Å². The lowest BCUT2D eigenvalue weighted by Crippen LogP contribution is -2.37. The van der Waals surface area contributed by atoms with Crippen molar-refractivity contribution in [3.8, 4) is 5.75 Å². The minimum absolute atomic E-state index is 0.0286. The summed E-state index contributed by atoms with van der Waals surface area (Å²) in [5.41, 5.74) is 5.40. The highest BCUT2D eigenvalue weighted by atomic mass is 35.5. The first-order valence-corrected chi connectivity index (χ1v) is 7.82. The van der Waals surface area contributed by atoms with Gasteiger partial charge in [0.05, 0.1) is 10.7 Å². The van der Waals surface area contributed by atoms with Gasteiger partial charge < -0.3 is 21.3 Å². The predicted octanol–water partition coefficient (Wildman–Crippen LogP) is 0.658. The normalized spacial score (nSPS) is 19.6. The van der Waals surface area contributed by atoms with Crippen molar-refractivity contribution in [1.29, 1.82) is 0 Å². The Bertz CT molecular complexity index is 679. The number of rotatable bonds is 3. The summed E-state index contributed by atoms with van der Waals surface area (Å²) in [7, 11) is -4.05. The number of nitrogen functional groups attached to an aromatic ring is 1. The quantitative estimate of drug-likeness (QED) is 0.473. The Morgan fingerprint density at radius 3 is 2.76 bits per heavy atom. The van der Waals surface area contributed by atoms with Gasteiger partial charge in [0.1, 0.15) is 4.90 Å². The van der Waals surface area contributed by atoms with Crippen LogP contribution >= 0.6 is 11.6 Å². The van der Waals surface area contributed by atoms with Gasteiger partial charge in [-0.15, -0.1) is 0 Å². The molecule has 116 valence electrons. The van der Waals surface area contributed by atoms with E-state index in [0.717, 1.165) is 4.31 Å².